The molecule has 0 aliphatic carbocycles. The Morgan fingerprint density at radius 2 is 1.59 bits per heavy atom. The minimum Gasteiger partial charge on any atom is -0.147 e. The maximum absolute atomic E-state index is 3.48. The van der Waals surface area contributed by atoms with Gasteiger partial charge in [-0.25, -0.2) is 0 Å². The molecule has 1 aromatic heterocycles. The summed E-state index contributed by atoms with van der Waals surface area (Å²) in [5, 5.41) is 2.15. The van der Waals surface area contributed by atoms with Crippen molar-refractivity contribution in [1.82, 2.24) is 0 Å². The van der Waals surface area contributed by atoms with E-state index in [1.807, 2.05) is 18.2 Å². The van der Waals surface area contributed by atoms with Crippen LogP contribution in [0.4, 0.5) is 0 Å². The van der Waals surface area contributed by atoms with Crippen molar-refractivity contribution in [2.75, 3.05) is 0 Å². The van der Waals surface area contributed by atoms with E-state index in [1.165, 1.54) is 21.6 Å². The molecular weight excluding hydrogens is 284 g/mol. The highest BCUT2D eigenvalue weighted by atomic mass is 32.1. The summed E-state index contributed by atoms with van der Waals surface area (Å²) in [5.74, 6) is 6.95. The largest absolute Gasteiger partial charge is 0.147 e. The highest BCUT2D eigenvalue weighted by Gasteiger charge is 2.15. The molecule has 0 aliphatic heterocycles. The van der Waals surface area contributed by atoms with E-state index in [4.69, 9.17) is 0 Å². The molecule has 1 atom stereocenters. The van der Waals surface area contributed by atoms with Crippen molar-refractivity contribution in [2.45, 2.75) is 19.8 Å². The molecule has 0 amide bonds. The van der Waals surface area contributed by atoms with E-state index in [0.717, 1.165) is 5.56 Å². The Morgan fingerprint density at radius 3 is 2.23 bits per heavy atom. The first-order valence-corrected chi connectivity index (χ1v) is 8.29. The summed E-state index contributed by atoms with van der Waals surface area (Å²) >= 11 is 1.79. The maximum atomic E-state index is 3.48. The average molecular weight is 302 g/mol. The van der Waals surface area contributed by atoms with E-state index in [2.05, 4.69) is 73.5 Å². The molecule has 0 bridgehead atoms. The maximum Gasteiger partial charge on any atom is 0.0801 e. The Labute approximate surface area is 136 Å². The van der Waals surface area contributed by atoms with Gasteiger partial charge >= 0.3 is 0 Å². The molecule has 1 heteroatoms. The van der Waals surface area contributed by atoms with Gasteiger partial charge in [0.15, 0.2) is 0 Å². The van der Waals surface area contributed by atoms with E-state index in [9.17, 15) is 0 Å². The van der Waals surface area contributed by atoms with Gasteiger partial charge in [-0.3, -0.25) is 0 Å². The van der Waals surface area contributed by atoms with Crippen LogP contribution in [0.1, 0.15) is 33.0 Å². The molecule has 1 heterocycles. The third-order valence-corrected chi connectivity index (χ3v) is 4.79. The minimum absolute atomic E-state index is 0.140. The van der Waals surface area contributed by atoms with Gasteiger partial charge in [0, 0.05) is 10.4 Å². The van der Waals surface area contributed by atoms with Gasteiger partial charge in [0.2, 0.25) is 0 Å². The average Bonchev–Trinajstić information content (AvgIpc) is 2.96. The van der Waals surface area contributed by atoms with Crippen molar-refractivity contribution in [3.63, 3.8) is 0 Å². The van der Waals surface area contributed by atoms with Gasteiger partial charge in [0.25, 0.3) is 0 Å². The molecule has 2 aromatic carbocycles. The van der Waals surface area contributed by atoms with Crippen LogP contribution in [0.25, 0.3) is 0 Å². The van der Waals surface area contributed by atoms with Crippen LogP contribution in [-0.4, -0.2) is 0 Å². The van der Waals surface area contributed by atoms with Gasteiger partial charge in [0.05, 0.1) is 5.92 Å². The van der Waals surface area contributed by atoms with Gasteiger partial charge in [-0.05, 0) is 48.6 Å². The molecule has 0 spiro atoms. The zero-order valence-corrected chi connectivity index (χ0v) is 13.7. The highest BCUT2D eigenvalue weighted by Crippen LogP contribution is 2.31. The van der Waals surface area contributed by atoms with Crippen molar-refractivity contribution in [3.05, 3.63) is 93.2 Å². The Kier molecular flexibility index (Phi) is 4.42. The van der Waals surface area contributed by atoms with Crippen molar-refractivity contribution < 1.29 is 0 Å². The quantitative estimate of drug-likeness (QED) is 0.545. The normalized spacial score (nSPS) is 11.5. The van der Waals surface area contributed by atoms with E-state index >= 15 is 0 Å². The van der Waals surface area contributed by atoms with Crippen molar-refractivity contribution >= 4 is 11.3 Å². The lowest BCUT2D eigenvalue weighted by atomic mass is 9.95. The number of hydrogen-bond acceptors (Lipinski definition) is 1. The summed E-state index contributed by atoms with van der Waals surface area (Å²) in [4.78, 5) is 1.34. The molecular formula is C21H18S. The van der Waals surface area contributed by atoms with Crippen LogP contribution in [0.15, 0.2) is 66.0 Å². The van der Waals surface area contributed by atoms with Gasteiger partial charge < -0.3 is 0 Å². The highest BCUT2D eigenvalue weighted by molar-refractivity contribution is 7.10. The van der Waals surface area contributed by atoms with Crippen LogP contribution in [0.2, 0.25) is 0 Å². The molecule has 1 unspecified atom stereocenters. The second-order valence-corrected chi connectivity index (χ2v) is 6.39. The van der Waals surface area contributed by atoms with Crippen LogP contribution in [0, 0.1) is 25.7 Å². The second-order valence-electron chi connectivity index (χ2n) is 5.45. The Bertz CT molecular complexity index is 798. The molecule has 0 saturated carbocycles. The second kappa shape index (κ2) is 6.64. The third-order valence-electron chi connectivity index (χ3n) is 3.71. The molecule has 0 nitrogen and oxygen atoms in total. The lowest BCUT2D eigenvalue weighted by Gasteiger charge is -2.11. The predicted molar refractivity (Wildman–Crippen MR) is 95.4 cm³/mol. The molecule has 0 radical (unpaired) electrons. The molecule has 0 aliphatic rings. The van der Waals surface area contributed by atoms with Crippen LogP contribution >= 0.6 is 11.3 Å². The lowest BCUT2D eigenvalue weighted by molar-refractivity contribution is 1.08. The fourth-order valence-electron chi connectivity index (χ4n) is 2.42. The van der Waals surface area contributed by atoms with Crippen LogP contribution in [-0.2, 0) is 0 Å². The van der Waals surface area contributed by atoms with Gasteiger partial charge in [0.1, 0.15) is 0 Å². The topological polar surface area (TPSA) is 0 Å². The summed E-state index contributed by atoms with van der Waals surface area (Å²) in [7, 11) is 0. The van der Waals surface area contributed by atoms with Crippen LogP contribution < -0.4 is 0 Å². The number of hydrogen-bond donors (Lipinski definition) is 0. The molecule has 0 N–H and O–H groups in total. The smallest absolute Gasteiger partial charge is 0.0801 e. The first-order chi connectivity index (χ1) is 10.7. The summed E-state index contributed by atoms with van der Waals surface area (Å²) < 4.78 is 0. The monoisotopic (exact) mass is 302 g/mol. The van der Waals surface area contributed by atoms with Crippen LogP contribution in [0.3, 0.4) is 0 Å². The Hall–Kier alpha value is -2.30. The molecule has 0 saturated heterocycles. The van der Waals surface area contributed by atoms with Gasteiger partial charge in [-0.15, -0.1) is 11.3 Å². The van der Waals surface area contributed by atoms with E-state index in [-0.39, 0.29) is 5.92 Å². The first-order valence-electron chi connectivity index (χ1n) is 7.41. The molecule has 3 rings (SSSR count). The zero-order chi connectivity index (χ0) is 15.4. The number of aryl methyl sites for hydroxylation is 2. The van der Waals surface area contributed by atoms with Crippen molar-refractivity contribution in [2.24, 2.45) is 0 Å². The summed E-state index contributed by atoms with van der Waals surface area (Å²) in [6.07, 6.45) is 0. The van der Waals surface area contributed by atoms with Crippen molar-refractivity contribution in [1.29, 1.82) is 0 Å². The van der Waals surface area contributed by atoms with E-state index in [0.29, 0.717) is 0 Å². The molecule has 22 heavy (non-hydrogen) atoms. The lowest BCUT2D eigenvalue weighted by Crippen LogP contribution is -1.98. The minimum atomic E-state index is 0.140. The summed E-state index contributed by atoms with van der Waals surface area (Å²) in [5.41, 5.74) is 4.92. The fraction of sp³-hybridized carbons (Fsp3) is 0.143. The standard InChI is InChI=1S/C21H18S/c1-16-8-11-19(12-9-16)20(21-17(2)14-15-22-21)13-10-18-6-4-3-5-7-18/h3-9,11-12,14-15,20H,1-2H3. The van der Waals surface area contributed by atoms with Crippen LogP contribution in [0.5, 0.6) is 0 Å². The number of benzene rings is 2. The summed E-state index contributed by atoms with van der Waals surface area (Å²) in [6.45, 7) is 4.28. The zero-order valence-electron chi connectivity index (χ0n) is 12.8. The van der Waals surface area contributed by atoms with Crippen molar-refractivity contribution in [3.8, 4) is 11.8 Å². The SMILES string of the molecule is Cc1ccc(C(C#Cc2ccccc2)c2sccc2C)cc1. The molecule has 108 valence electrons. The first kappa shape index (κ1) is 14.6. The third kappa shape index (κ3) is 3.30. The van der Waals surface area contributed by atoms with Gasteiger partial charge in [-0.1, -0.05) is 59.9 Å². The van der Waals surface area contributed by atoms with Gasteiger partial charge in [-0.2, -0.15) is 0 Å². The summed E-state index contributed by atoms with van der Waals surface area (Å²) in [6, 6.07) is 21.1. The fourth-order valence-corrected chi connectivity index (χ4v) is 3.42. The molecule has 3 aromatic rings. The predicted octanol–water partition coefficient (Wildman–Crippen LogP) is 5.55. The molecule has 0 fully saturated rings. The number of thiophene rings is 1. The van der Waals surface area contributed by atoms with E-state index in [1.54, 1.807) is 11.3 Å². The Balaban J connectivity index is 2.03. The Morgan fingerprint density at radius 1 is 0.864 bits per heavy atom. The van der Waals surface area contributed by atoms with E-state index < -0.39 is 0 Å². The number of rotatable bonds is 2.